The molecule has 0 atom stereocenters. The summed E-state index contributed by atoms with van der Waals surface area (Å²) < 4.78 is 29.7. The molecule has 0 radical (unpaired) electrons. The number of aromatic nitrogens is 1. The highest BCUT2D eigenvalue weighted by Crippen LogP contribution is 2.24. The molecular formula is C14H16N2O5S. The summed E-state index contributed by atoms with van der Waals surface area (Å²) in [6, 6.07) is 4.44. The maximum Gasteiger partial charge on any atom is 0.272 e. The lowest BCUT2D eigenvalue weighted by Crippen LogP contribution is -2.10. The highest BCUT2D eigenvalue weighted by atomic mass is 32.2. The molecule has 8 heteroatoms. The van der Waals surface area contributed by atoms with E-state index >= 15 is 0 Å². The van der Waals surface area contributed by atoms with Gasteiger partial charge in [0.1, 0.15) is 5.76 Å². The van der Waals surface area contributed by atoms with Crippen LogP contribution in [0.3, 0.4) is 0 Å². The van der Waals surface area contributed by atoms with Crippen LogP contribution in [-0.4, -0.2) is 18.5 Å². The maximum absolute atomic E-state index is 12.4. The lowest BCUT2D eigenvalue weighted by molar-refractivity contribution is -0.385. The second-order valence-electron chi connectivity index (χ2n) is 5.15. The standard InChI is InChI=1S/C14H16N2O5S/c1-9-12(5-4-6-14(9)16(17)18)7-22(19,20)8-13-10(2)15-21-11(13)3/h4-6H,7-8H2,1-3H3. The summed E-state index contributed by atoms with van der Waals surface area (Å²) in [6.07, 6.45) is 0. The van der Waals surface area contributed by atoms with Crippen LogP contribution >= 0.6 is 0 Å². The van der Waals surface area contributed by atoms with E-state index in [1.54, 1.807) is 26.8 Å². The van der Waals surface area contributed by atoms with E-state index < -0.39 is 14.8 Å². The summed E-state index contributed by atoms with van der Waals surface area (Å²) in [4.78, 5) is 10.4. The van der Waals surface area contributed by atoms with Crippen LogP contribution in [0.15, 0.2) is 22.7 Å². The summed E-state index contributed by atoms with van der Waals surface area (Å²) in [5, 5.41) is 14.7. The molecule has 2 rings (SSSR count). The number of hydrogen-bond acceptors (Lipinski definition) is 6. The molecule has 0 bridgehead atoms. The molecule has 0 fully saturated rings. The fourth-order valence-electron chi connectivity index (χ4n) is 2.24. The molecule has 1 aromatic carbocycles. The van der Waals surface area contributed by atoms with Gasteiger partial charge in [-0.3, -0.25) is 10.1 Å². The molecule has 0 aliphatic carbocycles. The van der Waals surface area contributed by atoms with Crippen LogP contribution in [0.25, 0.3) is 0 Å². The molecular weight excluding hydrogens is 308 g/mol. The van der Waals surface area contributed by atoms with Gasteiger partial charge in [-0.2, -0.15) is 0 Å². The average Bonchev–Trinajstić information content (AvgIpc) is 2.72. The first-order chi connectivity index (χ1) is 10.2. The van der Waals surface area contributed by atoms with Gasteiger partial charge in [-0.05, 0) is 26.3 Å². The van der Waals surface area contributed by atoms with Gasteiger partial charge >= 0.3 is 0 Å². The molecule has 0 saturated carbocycles. The minimum absolute atomic E-state index is 0.0787. The zero-order chi connectivity index (χ0) is 16.5. The van der Waals surface area contributed by atoms with E-state index in [1.807, 2.05) is 0 Å². The Labute approximate surface area is 128 Å². The summed E-state index contributed by atoms with van der Waals surface area (Å²) in [6.45, 7) is 4.89. The topological polar surface area (TPSA) is 103 Å². The van der Waals surface area contributed by atoms with E-state index in [-0.39, 0.29) is 17.2 Å². The first kappa shape index (κ1) is 16.2. The lowest BCUT2D eigenvalue weighted by Gasteiger charge is -2.07. The molecule has 7 nitrogen and oxygen atoms in total. The van der Waals surface area contributed by atoms with Crippen molar-refractivity contribution in [2.45, 2.75) is 32.3 Å². The van der Waals surface area contributed by atoms with Crippen LogP contribution in [0.2, 0.25) is 0 Å². The van der Waals surface area contributed by atoms with E-state index in [0.717, 1.165) is 0 Å². The number of sulfone groups is 1. The number of aryl methyl sites for hydroxylation is 2. The fourth-order valence-corrected chi connectivity index (χ4v) is 3.98. The molecule has 0 spiro atoms. The smallest absolute Gasteiger partial charge is 0.272 e. The van der Waals surface area contributed by atoms with Gasteiger partial charge in [0.15, 0.2) is 9.84 Å². The van der Waals surface area contributed by atoms with E-state index in [0.29, 0.717) is 28.1 Å². The minimum Gasteiger partial charge on any atom is -0.361 e. The molecule has 2 aromatic rings. The van der Waals surface area contributed by atoms with Crippen molar-refractivity contribution in [1.82, 2.24) is 5.16 Å². The Hall–Kier alpha value is -2.22. The summed E-state index contributed by atoms with van der Waals surface area (Å²) >= 11 is 0. The number of benzene rings is 1. The van der Waals surface area contributed by atoms with E-state index in [4.69, 9.17) is 4.52 Å². The molecule has 0 aliphatic heterocycles. The number of nitro benzene ring substituents is 1. The third-order valence-corrected chi connectivity index (χ3v) is 5.01. The van der Waals surface area contributed by atoms with Crippen LogP contribution in [0, 0.1) is 30.9 Å². The van der Waals surface area contributed by atoms with Gasteiger partial charge in [0.25, 0.3) is 5.69 Å². The Balaban J connectivity index is 2.30. The lowest BCUT2D eigenvalue weighted by atomic mass is 10.1. The van der Waals surface area contributed by atoms with Crippen molar-refractivity contribution in [2.75, 3.05) is 0 Å². The second kappa shape index (κ2) is 5.88. The largest absolute Gasteiger partial charge is 0.361 e. The Kier molecular flexibility index (Phi) is 4.32. The highest BCUT2D eigenvalue weighted by molar-refractivity contribution is 7.89. The summed E-state index contributed by atoms with van der Waals surface area (Å²) in [5.41, 5.74) is 1.81. The molecule has 1 aromatic heterocycles. The van der Waals surface area contributed by atoms with E-state index in [9.17, 15) is 18.5 Å². The van der Waals surface area contributed by atoms with Gasteiger partial charge in [-0.15, -0.1) is 0 Å². The maximum atomic E-state index is 12.4. The number of nitro groups is 1. The number of rotatable bonds is 5. The van der Waals surface area contributed by atoms with Crippen molar-refractivity contribution >= 4 is 15.5 Å². The first-order valence-corrected chi connectivity index (χ1v) is 8.38. The molecule has 0 unspecified atom stereocenters. The van der Waals surface area contributed by atoms with Crippen LogP contribution in [-0.2, 0) is 21.3 Å². The molecule has 0 amide bonds. The van der Waals surface area contributed by atoms with Crippen molar-refractivity contribution in [2.24, 2.45) is 0 Å². The fraction of sp³-hybridized carbons (Fsp3) is 0.357. The Morgan fingerprint density at radius 2 is 1.91 bits per heavy atom. The van der Waals surface area contributed by atoms with Crippen molar-refractivity contribution in [1.29, 1.82) is 0 Å². The quantitative estimate of drug-likeness (QED) is 0.618. The zero-order valence-electron chi connectivity index (χ0n) is 12.5. The van der Waals surface area contributed by atoms with E-state index in [1.165, 1.54) is 12.1 Å². The first-order valence-electron chi connectivity index (χ1n) is 6.56. The van der Waals surface area contributed by atoms with Gasteiger partial charge < -0.3 is 4.52 Å². The van der Waals surface area contributed by atoms with Crippen molar-refractivity contribution < 1.29 is 17.9 Å². The Bertz CT molecular complexity index is 804. The van der Waals surface area contributed by atoms with Crippen LogP contribution < -0.4 is 0 Å². The second-order valence-corrected chi connectivity index (χ2v) is 7.22. The predicted octanol–water partition coefficient (Wildman–Crippen LogP) is 2.62. The Morgan fingerprint density at radius 1 is 1.23 bits per heavy atom. The van der Waals surface area contributed by atoms with Gasteiger partial charge in [-0.25, -0.2) is 8.42 Å². The molecule has 0 N–H and O–H groups in total. The van der Waals surface area contributed by atoms with Crippen LogP contribution in [0.1, 0.15) is 28.1 Å². The van der Waals surface area contributed by atoms with Crippen molar-refractivity contribution in [3.8, 4) is 0 Å². The van der Waals surface area contributed by atoms with Crippen LogP contribution in [0.4, 0.5) is 5.69 Å². The van der Waals surface area contributed by atoms with Crippen molar-refractivity contribution in [3.63, 3.8) is 0 Å². The molecule has 22 heavy (non-hydrogen) atoms. The third-order valence-electron chi connectivity index (χ3n) is 3.53. The molecule has 0 aliphatic rings. The summed E-state index contributed by atoms with van der Waals surface area (Å²) in [7, 11) is -3.49. The predicted molar refractivity (Wildman–Crippen MR) is 80.1 cm³/mol. The van der Waals surface area contributed by atoms with Gasteiger partial charge in [0.05, 0.1) is 22.1 Å². The zero-order valence-corrected chi connectivity index (χ0v) is 13.3. The minimum atomic E-state index is -3.49. The number of hydrogen-bond donors (Lipinski definition) is 0. The average molecular weight is 324 g/mol. The third kappa shape index (κ3) is 3.33. The molecule has 118 valence electrons. The monoisotopic (exact) mass is 324 g/mol. The normalized spacial score (nSPS) is 11.6. The molecule has 0 saturated heterocycles. The van der Waals surface area contributed by atoms with Gasteiger partial charge in [0.2, 0.25) is 0 Å². The van der Waals surface area contributed by atoms with Gasteiger partial charge in [0, 0.05) is 17.2 Å². The Morgan fingerprint density at radius 3 is 2.45 bits per heavy atom. The van der Waals surface area contributed by atoms with Crippen LogP contribution in [0.5, 0.6) is 0 Å². The summed E-state index contributed by atoms with van der Waals surface area (Å²) in [5.74, 6) is 0.0118. The van der Waals surface area contributed by atoms with E-state index in [2.05, 4.69) is 5.16 Å². The molecule has 1 heterocycles. The van der Waals surface area contributed by atoms with Gasteiger partial charge in [-0.1, -0.05) is 17.3 Å². The highest BCUT2D eigenvalue weighted by Gasteiger charge is 2.22. The van der Waals surface area contributed by atoms with Crippen molar-refractivity contribution in [3.05, 3.63) is 56.5 Å². The SMILES string of the molecule is Cc1noc(C)c1CS(=O)(=O)Cc1cccc([N+](=O)[O-])c1C. The number of nitrogens with zero attached hydrogens (tertiary/aromatic N) is 2.